The van der Waals surface area contributed by atoms with E-state index in [1.165, 1.54) is 5.57 Å². The lowest BCUT2D eigenvalue weighted by atomic mass is 10.0. The number of aromatic nitrogens is 3. The van der Waals surface area contributed by atoms with Crippen LogP contribution in [0.25, 0.3) is 22.3 Å². The van der Waals surface area contributed by atoms with Gasteiger partial charge in [-0.2, -0.15) is 0 Å². The first kappa shape index (κ1) is 11.2. The monoisotopic (exact) mass is 262 g/mol. The topological polar surface area (TPSA) is 56.2 Å². The molecule has 2 heterocycles. The molecule has 2 N–H and O–H groups in total. The predicted molar refractivity (Wildman–Crippen MR) is 81.3 cm³/mol. The molecular formula is C16H14N4. The van der Waals surface area contributed by atoms with E-state index in [9.17, 15) is 0 Å². The van der Waals surface area contributed by atoms with Gasteiger partial charge in [0.15, 0.2) is 11.5 Å². The number of nitrogen functional groups attached to an aromatic ring is 1. The number of rotatable bonds is 1. The van der Waals surface area contributed by atoms with Crippen LogP contribution in [0.4, 0.5) is 5.82 Å². The third-order valence-electron chi connectivity index (χ3n) is 3.66. The second-order valence-corrected chi connectivity index (χ2v) is 4.96. The van der Waals surface area contributed by atoms with Crippen LogP contribution in [0.1, 0.15) is 18.5 Å². The Bertz CT molecular complexity index is 871. The molecule has 1 aromatic carbocycles. The zero-order chi connectivity index (χ0) is 13.5. The lowest BCUT2D eigenvalue weighted by Gasteiger charge is -2.04. The number of imidazole rings is 1. The number of benzene rings is 1. The van der Waals surface area contributed by atoms with E-state index in [1.54, 1.807) is 0 Å². The summed E-state index contributed by atoms with van der Waals surface area (Å²) in [5.74, 6) is 0.474. The lowest BCUT2D eigenvalue weighted by molar-refractivity contribution is 1.04. The van der Waals surface area contributed by atoms with Crippen molar-refractivity contribution in [1.29, 1.82) is 0 Å². The van der Waals surface area contributed by atoms with Gasteiger partial charge in [-0.25, -0.2) is 9.97 Å². The first-order chi connectivity index (χ1) is 9.83. The molecule has 20 heavy (non-hydrogen) atoms. The minimum Gasteiger partial charge on any atom is -0.381 e. The van der Waals surface area contributed by atoms with Crippen molar-refractivity contribution in [3.05, 3.63) is 54.4 Å². The van der Waals surface area contributed by atoms with Gasteiger partial charge < -0.3 is 5.73 Å². The summed E-state index contributed by atoms with van der Waals surface area (Å²) < 4.78 is 2.03. The summed E-state index contributed by atoms with van der Waals surface area (Å²) in [7, 11) is 0. The third-order valence-corrected chi connectivity index (χ3v) is 3.66. The Labute approximate surface area is 116 Å². The number of hydrogen-bond acceptors (Lipinski definition) is 3. The second-order valence-electron chi connectivity index (χ2n) is 4.96. The Morgan fingerprint density at radius 3 is 2.90 bits per heavy atom. The highest BCUT2D eigenvalue weighted by atomic mass is 15.1. The number of nitrogens with two attached hydrogens (primary N) is 1. The number of nitrogens with zero attached hydrogens (tertiary/aromatic N) is 3. The van der Waals surface area contributed by atoms with Crippen LogP contribution in [0.3, 0.4) is 0 Å². The number of fused-ring (bicyclic) bond motifs is 3. The highest BCUT2D eigenvalue weighted by molar-refractivity contribution is 5.83. The minimum atomic E-state index is 0.474. The summed E-state index contributed by atoms with van der Waals surface area (Å²) >= 11 is 0. The second kappa shape index (κ2) is 4.20. The largest absolute Gasteiger partial charge is 0.381 e. The zero-order valence-electron chi connectivity index (χ0n) is 11.0. The molecule has 2 aromatic heterocycles. The quantitative estimate of drug-likeness (QED) is 0.732. The maximum Gasteiger partial charge on any atom is 0.180 e. The highest BCUT2D eigenvalue weighted by Gasteiger charge is 2.12. The van der Waals surface area contributed by atoms with Crippen LogP contribution < -0.4 is 5.73 Å². The molecule has 0 radical (unpaired) electrons. The standard InChI is InChI=1S/C16H14N4/c17-15-16-19-13(11-6-2-1-3-7-11)10-20(16)14-9-5-4-8-12(14)18-15/h1-2,4-6,8-10H,3,7H2,(H2,17,18). The van der Waals surface area contributed by atoms with Crippen LogP contribution >= 0.6 is 0 Å². The van der Waals surface area contributed by atoms with Crippen molar-refractivity contribution in [2.24, 2.45) is 0 Å². The number of allylic oxidation sites excluding steroid dienone is 4. The van der Waals surface area contributed by atoms with Gasteiger partial charge in [-0.1, -0.05) is 30.4 Å². The van der Waals surface area contributed by atoms with E-state index in [1.807, 2.05) is 28.7 Å². The smallest absolute Gasteiger partial charge is 0.180 e. The molecule has 4 heteroatoms. The normalized spacial score (nSPS) is 14.9. The van der Waals surface area contributed by atoms with Gasteiger partial charge in [-0.15, -0.1) is 0 Å². The fourth-order valence-electron chi connectivity index (χ4n) is 2.66. The number of para-hydroxylation sites is 2. The van der Waals surface area contributed by atoms with Gasteiger partial charge in [-0.3, -0.25) is 4.40 Å². The molecule has 0 spiro atoms. The molecule has 0 saturated carbocycles. The van der Waals surface area contributed by atoms with Crippen molar-refractivity contribution in [1.82, 2.24) is 14.4 Å². The fraction of sp³-hybridized carbons (Fsp3) is 0.125. The van der Waals surface area contributed by atoms with Crippen molar-refractivity contribution in [3.63, 3.8) is 0 Å². The van der Waals surface area contributed by atoms with Gasteiger partial charge in [0.2, 0.25) is 0 Å². The van der Waals surface area contributed by atoms with E-state index >= 15 is 0 Å². The van der Waals surface area contributed by atoms with E-state index in [2.05, 4.69) is 34.4 Å². The van der Waals surface area contributed by atoms with E-state index in [4.69, 9.17) is 5.73 Å². The molecule has 0 bridgehead atoms. The first-order valence-electron chi connectivity index (χ1n) is 6.72. The summed E-state index contributed by atoms with van der Waals surface area (Å²) in [5, 5.41) is 0. The van der Waals surface area contributed by atoms with E-state index in [0.29, 0.717) is 5.82 Å². The molecule has 1 aliphatic carbocycles. The van der Waals surface area contributed by atoms with Crippen LogP contribution in [-0.4, -0.2) is 14.4 Å². The van der Waals surface area contributed by atoms with E-state index in [-0.39, 0.29) is 0 Å². The molecular weight excluding hydrogens is 248 g/mol. The summed E-state index contributed by atoms with van der Waals surface area (Å²) in [5.41, 5.74) is 10.9. The van der Waals surface area contributed by atoms with Gasteiger partial charge in [-0.05, 0) is 30.5 Å². The van der Waals surface area contributed by atoms with Crippen molar-refractivity contribution in [3.8, 4) is 0 Å². The fourth-order valence-corrected chi connectivity index (χ4v) is 2.66. The molecule has 98 valence electrons. The van der Waals surface area contributed by atoms with Crippen molar-refractivity contribution < 1.29 is 0 Å². The Kier molecular flexibility index (Phi) is 2.36. The molecule has 0 unspecified atom stereocenters. The van der Waals surface area contributed by atoms with Crippen LogP contribution in [0.2, 0.25) is 0 Å². The maximum absolute atomic E-state index is 6.04. The SMILES string of the molecule is Nc1nc2ccccc2n2cc(C3=CC=CCC3)nc12. The molecule has 0 aliphatic heterocycles. The molecule has 3 aromatic rings. The molecule has 4 nitrogen and oxygen atoms in total. The third kappa shape index (κ3) is 1.61. The molecule has 0 fully saturated rings. The van der Waals surface area contributed by atoms with Crippen LogP contribution in [0.5, 0.6) is 0 Å². The maximum atomic E-state index is 6.04. The lowest BCUT2D eigenvalue weighted by Crippen LogP contribution is -1.97. The molecule has 0 amide bonds. The zero-order valence-corrected chi connectivity index (χ0v) is 11.0. The van der Waals surface area contributed by atoms with Gasteiger partial charge in [0.05, 0.1) is 16.7 Å². The summed E-state index contributed by atoms with van der Waals surface area (Å²) in [4.78, 5) is 9.08. The molecule has 0 atom stereocenters. The minimum absolute atomic E-state index is 0.474. The van der Waals surface area contributed by atoms with Gasteiger partial charge in [0.1, 0.15) is 0 Å². The summed E-state index contributed by atoms with van der Waals surface area (Å²) in [6.45, 7) is 0. The van der Waals surface area contributed by atoms with E-state index < -0.39 is 0 Å². The first-order valence-corrected chi connectivity index (χ1v) is 6.72. The van der Waals surface area contributed by atoms with Crippen molar-refractivity contribution in [2.45, 2.75) is 12.8 Å². The Balaban J connectivity index is 2.03. The van der Waals surface area contributed by atoms with E-state index in [0.717, 1.165) is 35.2 Å². The van der Waals surface area contributed by atoms with Gasteiger partial charge >= 0.3 is 0 Å². The number of hydrogen-bond donors (Lipinski definition) is 1. The average Bonchev–Trinajstić information content (AvgIpc) is 2.94. The summed E-state index contributed by atoms with van der Waals surface area (Å²) in [6, 6.07) is 7.97. The van der Waals surface area contributed by atoms with Gasteiger partial charge in [0, 0.05) is 6.20 Å². The van der Waals surface area contributed by atoms with Gasteiger partial charge in [0.25, 0.3) is 0 Å². The average molecular weight is 262 g/mol. The van der Waals surface area contributed by atoms with Crippen LogP contribution in [0, 0.1) is 0 Å². The summed E-state index contributed by atoms with van der Waals surface area (Å²) in [6.07, 6.45) is 10.5. The van der Waals surface area contributed by atoms with Crippen LogP contribution in [-0.2, 0) is 0 Å². The predicted octanol–water partition coefficient (Wildman–Crippen LogP) is 3.20. The Morgan fingerprint density at radius 2 is 2.05 bits per heavy atom. The molecule has 1 aliphatic rings. The highest BCUT2D eigenvalue weighted by Crippen LogP contribution is 2.26. The molecule has 4 rings (SSSR count). The Hall–Kier alpha value is -2.62. The molecule has 0 saturated heterocycles. The number of anilines is 1. The Morgan fingerprint density at radius 1 is 1.15 bits per heavy atom. The van der Waals surface area contributed by atoms with Crippen molar-refractivity contribution >= 4 is 28.1 Å². The van der Waals surface area contributed by atoms with Crippen molar-refractivity contribution in [2.75, 3.05) is 5.73 Å². The van der Waals surface area contributed by atoms with Crippen LogP contribution in [0.15, 0.2) is 48.7 Å².